The van der Waals surface area contributed by atoms with Gasteiger partial charge in [0.15, 0.2) is 0 Å². The van der Waals surface area contributed by atoms with Crippen LogP contribution in [0.15, 0.2) is 29.6 Å². The molecule has 0 atom stereocenters. The highest BCUT2D eigenvalue weighted by atomic mass is 32.1. The first-order valence-corrected chi connectivity index (χ1v) is 9.39. The first kappa shape index (κ1) is 18.0. The van der Waals surface area contributed by atoms with Crippen molar-refractivity contribution >= 4 is 17.2 Å². The van der Waals surface area contributed by atoms with Crippen molar-refractivity contribution in [3.8, 4) is 10.6 Å². The summed E-state index contributed by atoms with van der Waals surface area (Å²) in [6.45, 7) is 4.80. The zero-order chi connectivity index (χ0) is 17.6. The van der Waals surface area contributed by atoms with Crippen molar-refractivity contribution in [3.05, 3.63) is 41.2 Å². The van der Waals surface area contributed by atoms with Crippen LogP contribution in [0.5, 0.6) is 0 Å². The minimum Gasteiger partial charge on any atom is -0.340 e. The number of rotatable bonds is 6. The predicted octanol–water partition coefficient (Wildman–Crippen LogP) is 2.20. The average molecular weight is 362 g/mol. The molecule has 0 saturated carbocycles. The highest BCUT2D eigenvalue weighted by Gasteiger charge is 2.21. The van der Waals surface area contributed by atoms with E-state index in [0.29, 0.717) is 6.42 Å². The fraction of sp³-hybridized carbons (Fsp3) is 0.444. The van der Waals surface area contributed by atoms with E-state index in [1.54, 1.807) is 23.5 Å². The monoisotopic (exact) mass is 362 g/mol. The van der Waals surface area contributed by atoms with E-state index in [-0.39, 0.29) is 11.7 Å². The molecule has 5 nitrogen and oxygen atoms in total. The van der Waals surface area contributed by atoms with E-state index in [0.717, 1.165) is 55.5 Å². The van der Waals surface area contributed by atoms with Crippen LogP contribution in [0, 0.1) is 5.82 Å². The van der Waals surface area contributed by atoms with Crippen molar-refractivity contribution in [2.45, 2.75) is 13.0 Å². The summed E-state index contributed by atoms with van der Waals surface area (Å²) in [5, 5.41) is 5.98. The number of amides is 1. The molecule has 25 heavy (non-hydrogen) atoms. The number of halogens is 1. The van der Waals surface area contributed by atoms with Crippen molar-refractivity contribution < 1.29 is 9.18 Å². The lowest BCUT2D eigenvalue weighted by Crippen LogP contribution is -2.48. The Bertz CT molecular complexity index is 695. The van der Waals surface area contributed by atoms with Gasteiger partial charge in [0.2, 0.25) is 5.91 Å². The lowest BCUT2D eigenvalue weighted by molar-refractivity contribution is -0.132. The maximum atomic E-state index is 13.0. The molecule has 1 amide bonds. The molecule has 0 radical (unpaired) electrons. The lowest BCUT2D eigenvalue weighted by Gasteiger charge is -2.34. The molecule has 1 saturated heterocycles. The molecule has 0 spiro atoms. The molecule has 3 rings (SSSR count). The predicted molar refractivity (Wildman–Crippen MR) is 97.9 cm³/mol. The molecule has 0 aliphatic carbocycles. The van der Waals surface area contributed by atoms with E-state index >= 15 is 0 Å². The summed E-state index contributed by atoms with van der Waals surface area (Å²) in [6, 6.07) is 6.43. The summed E-state index contributed by atoms with van der Waals surface area (Å²) < 4.78 is 13.0. The Morgan fingerprint density at radius 1 is 1.24 bits per heavy atom. The highest BCUT2D eigenvalue weighted by Crippen LogP contribution is 2.24. The number of thiazole rings is 1. The number of aromatic nitrogens is 1. The van der Waals surface area contributed by atoms with Crippen molar-refractivity contribution in [1.82, 2.24) is 20.1 Å². The fourth-order valence-corrected chi connectivity index (χ4v) is 3.70. The molecular formula is C18H23FN4OS. The molecule has 1 aromatic heterocycles. The van der Waals surface area contributed by atoms with Crippen molar-refractivity contribution in [2.75, 3.05) is 39.8 Å². The first-order chi connectivity index (χ1) is 12.2. The number of carbonyl (C=O) groups is 1. The van der Waals surface area contributed by atoms with Gasteiger partial charge in [0, 0.05) is 56.6 Å². The summed E-state index contributed by atoms with van der Waals surface area (Å²) >= 11 is 1.58. The summed E-state index contributed by atoms with van der Waals surface area (Å²) in [6.07, 6.45) is 0.559. The summed E-state index contributed by atoms with van der Waals surface area (Å²) in [5.74, 6) is -0.0103. The molecule has 1 fully saturated rings. The van der Waals surface area contributed by atoms with Gasteiger partial charge in [-0.05, 0) is 31.3 Å². The second-order valence-corrected chi connectivity index (χ2v) is 7.02. The Kier molecular flexibility index (Phi) is 6.12. The van der Waals surface area contributed by atoms with Crippen LogP contribution in [-0.2, 0) is 11.3 Å². The topological polar surface area (TPSA) is 48.5 Å². The van der Waals surface area contributed by atoms with E-state index in [2.05, 4.69) is 20.6 Å². The van der Waals surface area contributed by atoms with Gasteiger partial charge in [0.1, 0.15) is 10.8 Å². The molecule has 134 valence electrons. The van der Waals surface area contributed by atoms with Crippen LogP contribution >= 0.6 is 11.3 Å². The number of nitrogens with zero attached hydrogens (tertiary/aromatic N) is 3. The third kappa shape index (κ3) is 4.84. The molecule has 1 aromatic carbocycles. The first-order valence-electron chi connectivity index (χ1n) is 8.51. The van der Waals surface area contributed by atoms with Gasteiger partial charge in [0.25, 0.3) is 0 Å². The summed E-state index contributed by atoms with van der Waals surface area (Å²) in [7, 11) is 1.86. The number of carbonyl (C=O) groups excluding carboxylic acids is 1. The zero-order valence-electron chi connectivity index (χ0n) is 14.4. The van der Waals surface area contributed by atoms with Crippen LogP contribution in [0.3, 0.4) is 0 Å². The van der Waals surface area contributed by atoms with Gasteiger partial charge in [-0.3, -0.25) is 9.69 Å². The van der Waals surface area contributed by atoms with E-state index in [4.69, 9.17) is 0 Å². The van der Waals surface area contributed by atoms with Gasteiger partial charge in [-0.2, -0.15) is 0 Å². The van der Waals surface area contributed by atoms with Gasteiger partial charge in [-0.1, -0.05) is 0 Å². The minimum absolute atomic E-state index is 0.223. The van der Waals surface area contributed by atoms with Crippen LogP contribution in [0.4, 0.5) is 4.39 Å². The Labute approximate surface area is 151 Å². The van der Waals surface area contributed by atoms with Gasteiger partial charge >= 0.3 is 0 Å². The van der Waals surface area contributed by atoms with Crippen molar-refractivity contribution in [3.63, 3.8) is 0 Å². The standard InChI is InChI=1S/C18H23FN4OS/c1-20-7-6-17(24)23-10-8-22(9-11-23)12-16-13-25-18(21-16)14-2-4-15(19)5-3-14/h2-5,13,20H,6-12H2,1H3. The van der Waals surface area contributed by atoms with Crippen LogP contribution in [-0.4, -0.2) is 60.5 Å². The fourth-order valence-electron chi connectivity index (χ4n) is 2.88. The molecule has 0 unspecified atom stereocenters. The van der Waals surface area contributed by atoms with Crippen LogP contribution in [0.25, 0.3) is 10.6 Å². The molecule has 1 N–H and O–H groups in total. The van der Waals surface area contributed by atoms with Gasteiger partial charge in [-0.25, -0.2) is 9.37 Å². The summed E-state index contributed by atoms with van der Waals surface area (Å²) in [5.41, 5.74) is 1.97. The molecule has 7 heteroatoms. The SMILES string of the molecule is CNCCC(=O)N1CCN(Cc2csc(-c3ccc(F)cc3)n2)CC1. The smallest absolute Gasteiger partial charge is 0.223 e. The Morgan fingerprint density at radius 3 is 2.64 bits per heavy atom. The molecular weight excluding hydrogens is 339 g/mol. The number of benzene rings is 1. The van der Waals surface area contributed by atoms with Crippen molar-refractivity contribution in [2.24, 2.45) is 0 Å². The number of nitrogens with one attached hydrogen (secondary N) is 1. The highest BCUT2D eigenvalue weighted by molar-refractivity contribution is 7.13. The normalized spacial score (nSPS) is 15.5. The Balaban J connectivity index is 1.51. The molecule has 1 aliphatic heterocycles. The van der Waals surface area contributed by atoms with E-state index in [1.807, 2.05) is 11.9 Å². The molecule has 2 aromatic rings. The number of hydrogen-bond acceptors (Lipinski definition) is 5. The van der Waals surface area contributed by atoms with Gasteiger partial charge in [0.05, 0.1) is 5.69 Å². The minimum atomic E-state index is -0.234. The molecule has 1 aliphatic rings. The van der Waals surface area contributed by atoms with Crippen LogP contribution in [0.2, 0.25) is 0 Å². The zero-order valence-corrected chi connectivity index (χ0v) is 15.2. The largest absolute Gasteiger partial charge is 0.340 e. The average Bonchev–Trinajstić information content (AvgIpc) is 3.09. The quantitative estimate of drug-likeness (QED) is 0.856. The van der Waals surface area contributed by atoms with Crippen LogP contribution in [0.1, 0.15) is 12.1 Å². The van der Waals surface area contributed by atoms with Gasteiger partial charge < -0.3 is 10.2 Å². The van der Waals surface area contributed by atoms with Crippen molar-refractivity contribution in [1.29, 1.82) is 0 Å². The Hall–Kier alpha value is -1.83. The van der Waals surface area contributed by atoms with E-state index < -0.39 is 0 Å². The second-order valence-electron chi connectivity index (χ2n) is 6.16. The number of hydrogen-bond donors (Lipinski definition) is 1. The summed E-state index contributed by atoms with van der Waals surface area (Å²) in [4.78, 5) is 21.0. The maximum absolute atomic E-state index is 13.0. The van der Waals surface area contributed by atoms with E-state index in [9.17, 15) is 9.18 Å². The van der Waals surface area contributed by atoms with E-state index in [1.165, 1.54) is 12.1 Å². The maximum Gasteiger partial charge on any atom is 0.223 e. The lowest BCUT2D eigenvalue weighted by atomic mass is 10.2. The van der Waals surface area contributed by atoms with Gasteiger partial charge in [-0.15, -0.1) is 11.3 Å². The molecule has 2 heterocycles. The second kappa shape index (κ2) is 8.51. The Morgan fingerprint density at radius 2 is 1.96 bits per heavy atom. The molecule has 0 bridgehead atoms. The van der Waals surface area contributed by atoms with Crippen LogP contribution < -0.4 is 5.32 Å². The third-order valence-electron chi connectivity index (χ3n) is 4.34. The third-order valence-corrected chi connectivity index (χ3v) is 5.28. The number of piperazine rings is 1.